The maximum atomic E-state index is 11.7. The van der Waals surface area contributed by atoms with Gasteiger partial charge in [0.1, 0.15) is 5.82 Å². The second-order valence-electron chi connectivity index (χ2n) is 5.22. The van der Waals surface area contributed by atoms with E-state index in [0.29, 0.717) is 30.7 Å². The lowest BCUT2D eigenvalue weighted by atomic mass is 10.2. The van der Waals surface area contributed by atoms with Crippen molar-refractivity contribution in [3.05, 3.63) is 51.8 Å². The molecule has 6 heteroatoms. The summed E-state index contributed by atoms with van der Waals surface area (Å²) in [6.07, 6.45) is 4.71. The van der Waals surface area contributed by atoms with E-state index in [0.717, 1.165) is 11.3 Å². The van der Waals surface area contributed by atoms with Crippen LogP contribution < -0.4 is 15.6 Å². The molecule has 1 aliphatic rings. The average Bonchev–Trinajstić information content (AvgIpc) is 3.30. The van der Waals surface area contributed by atoms with E-state index in [1.165, 1.54) is 12.8 Å². The monoisotopic (exact) mass is 286 g/mol. The first-order chi connectivity index (χ1) is 10.2. The molecule has 0 amide bonds. The number of H-pyrrole nitrogens is 1. The molecule has 1 saturated carbocycles. The molecule has 2 aromatic rings. The van der Waals surface area contributed by atoms with Crippen molar-refractivity contribution in [3.63, 3.8) is 0 Å². The Labute approximate surface area is 122 Å². The maximum Gasteiger partial charge on any atom is 0.251 e. The molecule has 2 N–H and O–H groups in total. The molecule has 21 heavy (non-hydrogen) atoms. The van der Waals surface area contributed by atoms with Gasteiger partial charge in [-0.1, -0.05) is 6.07 Å². The molecule has 3 rings (SSSR count). The van der Waals surface area contributed by atoms with E-state index in [2.05, 4.69) is 20.3 Å². The summed E-state index contributed by atoms with van der Waals surface area (Å²) in [6, 6.07) is 5.86. The van der Waals surface area contributed by atoms with Crippen LogP contribution in [0.1, 0.15) is 29.9 Å². The number of hydrogen-bond donors (Lipinski definition) is 2. The summed E-state index contributed by atoms with van der Waals surface area (Å²) in [7, 11) is 1.58. The van der Waals surface area contributed by atoms with Gasteiger partial charge >= 0.3 is 0 Å². The van der Waals surface area contributed by atoms with Crippen molar-refractivity contribution in [2.24, 2.45) is 0 Å². The van der Waals surface area contributed by atoms with Crippen LogP contribution in [0.25, 0.3) is 0 Å². The molecule has 2 aromatic heterocycles. The first-order valence-corrected chi connectivity index (χ1v) is 7.04. The summed E-state index contributed by atoms with van der Waals surface area (Å²) in [6.45, 7) is 0.641. The first kappa shape index (κ1) is 13.8. The fourth-order valence-electron chi connectivity index (χ4n) is 2.10. The Morgan fingerprint density at radius 3 is 2.95 bits per heavy atom. The molecule has 1 fully saturated rings. The lowest BCUT2D eigenvalue weighted by molar-refractivity contribution is 0.397. The largest absolute Gasteiger partial charge is 0.481 e. The van der Waals surface area contributed by atoms with Crippen LogP contribution in [0.2, 0.25) is 0 Å². The Morgan fingerprint density at radius 2 is 2.29 bits per heavy atom. The number of methoxy groups -OCH3 is 1. The lowest BCUT2D eigenvalue weighted by Crippen LogP contribution is -2.20. The van der Waals surface area contributed by atoms with Gasteiger partial charge in [0.2, 0.25) is 5.88 Å². The standard InChI is InChI=1S/C15H18N4O2/c1-21-15-5-2-10(8-17-15)6-13-18-12(7-14(20)19-13)9-16-11-3-4-11/h2,5,7-8,11,16H,3-4,6,9H2,1H3,(H,18,19,20). The highest BCUT2D eigenvalue weighted by Crippen LogP contribution is 2.18. The second-order valence-corrected chi connectivity index (χ2v) is 5.22. The number of ether oxygens (including phenoxy) is 1. The van der Waals surface area contributed by atoms with Gasteiger partial charge in [-0.05, 0) is 18.4 Å². The Balaban J connectivity index is 1.72. The summed E-state index contributed by atoms with van der Waals surface area (Å²) >= 11 is 0. The highest BCUT2D eigenvalue weighted by atomic mass is 16.5. The van der Waals surface area contributed by atoms with E-state index in [1.54, 1.807) is 25.4 Å². The fraction of sp³-hybridized carbons (Fsp3) is 0.400. The van der Waals surface area contributed by atoms with E-state index < -0.39 is 0 Å². The number of nitrogens with one attached hydrogen (secondary N) is 2. The van der Waals surface area contributed by atoms with Crippen LogP contribution in [-0.2, 0) is 13.0 Å². The van der Waals surface area contributed by atoms with Gasteiger partial charge in [-0.3, -0.25) is 4.79 Å². The van der Waals surface area contributed by atoms with Crippen LogP contribution in [0, 0.1) is 0 Å². The second kappa shape index (κ2) is 6.05. The Bertz CT molecular complexity index is 662. The van der Waals surface area contributed by atoms with Gasteiger partial charge in [0.25, 0.3) is 5.56 Å². The lowest BCUT2D eigenvalue weighted by Gasteiger charge is -2.06. The van der Waals surface area contributed by atoms with E-state index in [4.69, 9.17) is 4.74 Å². The number of aromatic nitrogens is 3. The van der Waals surface area contributed by atoms with E-state index in [9.17, 15) is 4.79 Å². The third kappa shape index (κ3) is 3.88. The Kier molecular flexibility index (Phi) is 3.96. The topological polar surface area (TPSA) is 79.9 Å². The molecule has 6 nitrogen and oxygen atoms in total. The van der Waals surface area contributed by atoms with Gasteiger partial charge in [0.15, 0.2) is 0 Å². The predicted molar refractivity (Wildman–Crippen MR) is 78.3 cm³/mol. The predicted octanol–water partition coefficient (Wildman–Crippen LogP) is 1.02. The van der Waals surface area contributed by atoms with Crippen LogP contribution in [0.15, 0.2) is 29.2 Å². The van der Waals surface area contributed by atoms with Gasteiger partial charge in [-0.25, -0.2) is 9.97 Å². The zero-order chi connectivity index (χ0) is 14.7. The molecular formula is C15H18N4O2. The van der Waals surface area contributed by atoms with Gasteiger partial charge in [0, 0.05) is 37.3 Å². The molecule has 1 aliphatic carbocycles. The molecule has 0 unspecified atom stereocenters. The first-order valence-electron chi connectivity index (χ1n) is 7.04. The number of aromatic amines is 1. The third-order valence-corrected chi connectivity index (χ3v) is 3.37. The quantitative estimate of drug-likeness (QED) is 0.828. The van der Waals surface area contributed by atoms with Crippen LogP contribution in [0.4, 0.5) is 0 Å². The minimum absolute atomic E-state index is 0.117. The zero-order valence-electron chi connectivity index (χ0n) is 11.9. The fourth-order valence-corrected chi connectivity index (χ4v) is 2.10. The van der Waals surface area contributed by atoms with Crippen LogP contribution in [-0.4, -0.2) is 28.1 Å². The number of hydrogen-bond acceptors (Lipinski definition) is 5. The molecule has 2 heterocycles. The van der Waals surface area contributed by atoms with Crippen molar-refractivity contribution < 1.29 is 4.74 Å². The highest BCUT2D eigenvalue weighted by molar-refractivity contribution is 5.21. The Morgan fingerprint density at radius 1 is 1.43 bits per heavy atom. The summed E-state index contributed by atoms with van der Waals surface area (Å²) in [5.41, 5.74) is 1.64. The molecular weight excluding hydrogens is 268 g/mol. The van der Waals surface area contributed by atoms with Crippen molar-refractivity contribution in [2.45, 2.75) is 31.8 Å². The van der Waals surface area contributed by atoms with Crippen molar-refractivity contribution in [2.75, 3.05) is 7.11 Å². The van der Waals surface area contributed by atoms with E-state index in [-0.39, 0.29) is 5.56 Å². The SMILES string of the molecule is COc1ccc(Cc2nc(CNC3CC3)cc(=O)[nH]2)cn1. The van der Waals surface area contributed by atoms with Crippen LogP contribution in [0.5, 0.6) is 5.88 Å². The van der Waals surface area contributed by atoms with Crippen molar-refractivity contribution in [1.82, 2.24) is 20.3 Å². The van der Waals surface area contributed by atoms with Gasteiger partial charge in [0.05, 0.1) is 12.8 Å². The van der Waals surface area contributed by atoms with Crippen molar-refractivity contribution in [1.29, 1.82) is 0 Å². The van der Waals surface area contributed by atoms with Crippen molar-refractivity contribution in [3.8, 4) is 5.88 Å². The summed E-state index contributed by atoms with van der Waals surface area (Å²) in [4.78, 5) is 23.1. The molecule has 0 aromatic carbocycles. The number of nitrogens with zero attached hydrogens (tertiary/aromatic N) is 2. The molecule has 0 atom stereocenters. The highest BCUT2D eigenvalue weighted by Gasteiger charge is 2.20. The smallest absolute Gasteiger partial charge is 0.251 e. The summed E-state index contributed by atoms with van der Waals surface area (Å²) < 4.78 is 5.03. The van der Waals surface area contributed by atoms with E-state index in [1.807, 2.05) is 6.07 Å². The molecule has 110 valence electrons. The zero-order valence-corrected chi connectivity index (χ0v) is 11.9. The van der Waals surface area contributed by atoms with Gasteiger partial charge in [-0.15, -0.1) is 0 Å². The minimum Gasteiger partial charge on any atom is -0.481 e. The van der Waals surface area contributed by atoms with Crippen LogP contribution >= 0.6 is 0 Å². The normalized spacial score (nSPS) is 14.1. The molecule has 0 bridgehead atoms. The number of pyridine rings is 1. The van der Waals surface area contributed by atoms with Gasteiger partial charge < -0.3 is 15.0 Å². The summed E-state index contributed by atoms with van der Waals surface area (Å²) in [5.74, 6) is 1.23. The number of rotatable bonds is 6. The minimum atomic E-state index is -0.117. The average molecular weight is 286 g/mol. The molecule has 0 aliphatic heterocycles. The third-order valence-electron chi connectivity index (χ3n) is 3.37. The van der Waals surface area contributed by atoms with Crippen LogP contribution in [0.3, 0.4) is 0 Å². The summed E-state index contributed by atoms with van der Waals surface area (Å²) in [5, 5.41) is 3.36. The molecule has 0 saturated heterocycles. The van der Waals surface area contributed by atoms with Gasteiger partial charge in [-0.2, -0.15) is 0 Å². The maximum absolute atomic E-state index is 11.7. The van der Waals surface area contributed by atoms with Crippen molar-refractivity contribution >= 4 is 0 Å². The Hall–Kier alpha value is -2.21. The molecule has 0 spiro atoms. The van der Waals surface area contributed by atoms with E-state index >= 15 is 0 Å². The molecule has 0 radical (unpaired) electrons.